The summed E-state index contributed by atoms with van der Waals surface area (Å²) >= 11 is 0. The van der Waals surface area contributed by atoms with E-state index in [4.69, 9.17) is 10.5 Å². The molecule has 0 bridgehead atoms. The minimum atomic E-state index is 0.183. The Morgan fingerprint density at radius 1 is 1.62 bits per heavy atom. The summed E-state index contributed by atoms with van der Waals surface area (Å²) in [5.41, 5.74) is 7.33. The van der Waals surface area contributed by atoms with E-state index < -0.39 is 0 Å². The Morgan fingerprint density at radius 3 is 3.15 bits per heavy atom. The van der Waals surface area contributed by atoms with E-state index in [9.17, 15) is 0 Å². The van der Waals surface area contributed by atoms with Crippen LogP contribution < -0.4 is 15.4 Å². The third kappa shape index (κ3) is 1.28. The van der Waals surface area contributed by atoms with Crippen LogP contribution in [0.25, 0.3) is 0 Å². The van der Waals surface area contributed by atoms with Crippen LogP contribution in [0.3, 0.4) is 0 Å². The molecule has 70 valence electrons. The third-order valence-electron chi connectivity index (χ3n) is 2.17. The summed E-state index contributed by atoms with van der Waals surface area (Å²) in [4.78, 5) is 6.13. The van der Waals surface area contributed by atoms with Gasteiger partial charge in [0.2, 0.25) is 0 Å². The Hall–Kier alpha value is -1.45. The minimum Gasteiger partial charge on any atom is -0.484 e. The zero-order chi connectivity index (χ0) is 9.42. The van der Waals surface area contributed by atoms with Gasteiger partial charge in [-0.2, -0.15) is 0 Å². The SMILES string of the molecule is CC1CN(C)c2cncc(N)c2O1. The van der Waals surface area contributed by atoms with Crippen LogP contribution in [0, 0.1) is 0 Å². The van der Waals surface area contributed by atoms with Gasteiger partial charge in [0.1, 0.15) is 11.8 Å². The van der Waals surface area contributed by atoms with Crippen molar-refractivity contribution in [1.82, 2.24) is 4.98 Å². The molecule has 0 radical (unpaired) electrons. The lowest BCUT2D eigenvalue weighted by Gasteiger charge is -2.32. The predicted molar refractivity (Wildman–Crippen MR) is 52.0 cm³/mol. The summed E-state index contributed by atoms with van der Waals surface area (Å²) in [7, 11) is 2.01. The van der Waals surface area contributed by atoms with Gasteiger partial charge in [0.05, 0.1) is 24.6 Å². The zero-order valence-corrected chi connectivity index (χ0v) is 7.82. The first kappa shape index (κ1) is 8.16. The number of rotatable bonds is 0. The van der Waals surface area contributed by atoms with E-state index in [0.717, 1.165) is 18.0 Å². The quantitative estimate of drug-likeness (QED) is 0.642. The number of nitrogens with zero attached hydrogens (tertiary/aromatic N) is 2. The van der Waals surface area contributed by atoms with E-state index in [1.54, 1.807) is 12.4 Å². The van der Waals surface area contributed by atoms with Gasteiger partial charge < -0.3 is 15.4 Å². The Morgan fingerprint density at radius 2 is 2.38 bits per heavy atom. The number of aromatic nitrogens is 1. The van der Waals surface area contributed by atoms with Gasteiger partial charge in [0.25, 0.3) is 0 Å². The number of hydrogen-bond donors (Lipinski definition) is 1. The molecule has 1 aromatic heterocycles. The normalized spacial score (nSPS) is 20.8. The van der Waals surface area contributed by atoms with Crippen molar-refractivity contribution in [3.63, 3.8) is 0 Å². The highest BCUT2D eigenvalue weighted by molar-refractivity contribution is 5.69. The second-order valence-electron chi connectivity index (χ2n) is 3.39. The standard InChI is InChI=1S/C9H13N3O/c1-6-5-12(2)8-4-11-3-7(10)9(8)13-6/h3-4,6H,5,10H2,1-2H3. The van der Waals surface area contributed by atoms with Gasteiger partial charge in [-0.25, -0.2) is 0 Å². The molecule has 0 saturated carbocycles. The Bertz CT molecular complexity index is 327. The lowest BCUT2D eigenvalue weighted by atomic mass is 10.2. The molecule has 0 saturated heterocycles. The van der Waals surface area contributed by atoms with Crippen LogP contribution in [0.1, 0.15) is 6.92 Å². The van der Waals surface area contributed by atoms with E-state index in [2.05, 4.69) is 9.88 Å². The van der Waals surface area contributed by atoms with E-state index in [0.29, 0.717) is 5.69 Å². The van der Waals surface area contributed by atoms with Crippen LogP contribution in [0.2, 0.25) is 0 Å². The molecule has 1 aromatic rings. The summed E-state index contributed by atoms with van der Waals surface area (Å²) in [6.07, 6.45) is 3.57. The van der Waals surface area contributed by atoms with Crippen molar-refractivity contribution in [2.75, 3.05) is 24.2 Å². The highest BCUT2D eigenvalue weighted by Gasteiger charge is 2.22. The van der Waals surface area contributed by atoms with Gasteiger partial charge in [-0.3, -0.25) is 4.98 Å². The predicted octanol–water partition coefficient (Wildman–Crippen LogP) is 0.881. The average molecular weight is 179 g/mol. The van der Waals surface area contributed by atoms with Crippen molar-refractivity contribution in [2.24, 2.45) is 0 Å². The first-order valence-electron chi connectivity index (χ1n) is 4.29. The van der Waals surface area contributed by atoms with Gasteiger partial charge in [-0.05, 0) is 6.92 Å². The minimum absolute atomic E-state index is 0.183. The first-order valence-corrected chi connectivity index (χ1v) is 4.29. The fraction of sp³-hybridized carbons (Fsp3) is 0.444. The fourth-order valence-electron chi connectivity index (χ4n) is 1.58. The first-order chi connectivity index (χ1) is 6.18. The summed E-state index contributed by atoms with van der Waals surface area (Å²) in [6.45, 7) is 2.90. The van der Waals surface area contributed by atoms with Crippen LogP contribution >= 0.6 is 0 Å². The molecular formula is C9H13N3O. The maximum absolute atomic E-state index is 5.75. The lowest BCUT2D eigenvalue weighted by Crippen LogP contribution is -2.36. The molecule has 2 heterocycles. The second kappa shape index (κ2) is 2.80. The van der Waals surface area contributed by atoms with Crippen LogP contribution in [0.5, 0.6) is 5.75 Å². The number of hydrogen-bond acceptors (Lipinski definition) is 4. The van der Waals surface area contributed by atoms with E-state index in [1.165, 1.54) is 0 Å². The number of pyridine rings is 1. The molecule has 2 N–H and O–H groups in total. The average Bonchev–Trinajstić information content (AvgIpc) is 2.07. The smallest absolute Gasteiger partial charge is 0.169 e. The molecule has 0 spiro atoms. The number of likely N-dealkylation sites (N-methyl/N-ethyl adjacent to an activating group) is 1. The molecule has 2 rings (SSSR count). The molecular weight excluding hydrogens is 166 g/mol. The van der Waals surface area contributed by atoms with Gasteiger partial charge in [0.15, 0.2) is 5.75 Å². The molecule has 0 fully saturated rings. The van der Waals surface area contributed by atoms with Crippen molar-refractivity contribution < 1.29 is 4.74 Å². The molecule has 13 heavy (non-hydrogen) atoms. The fourth-order valence-corrected chi connectivity index (χ4v) is 1.58. The van der Waals surface area contributed by atoms with Crippen molar-refractivity contribution in [1.29, 1.82) is 0 Å². The largest absolute Gasteiger partial charge is 0.484 e. The third-order valence-corrected chi connectivity index (χ3v) is 2.17. The van der Waals surface area contributed by atoms with Crippen molar-refractivity contribution in [2.45, 2.75) is 13.0 Å². The number of nitrogen functional groups attached to an aromatic ring is 1. The highest BCUT2D eigenvalue weighted by atomic mass is 16.5. The molecule has 0 aliphatic carbocycles. The zero-order valence-electron chi connectivity index (χ0n) is 7.82. The maximum Gasteiger partial charge on any atom is 0.169 e. The molecule has 4 nitrogen and oxygen atoms in total. The van der Waals surface area contributed by atoms with E-state index in [-0.39, 0.29) is 6.10 Å². The van der Waals surface area contributed by atoms with Crippen molar-refractivity contribution >= 4 is 11.4 Å². The summed E-state index contributed by atoms with van der Waals surface area (Å²) < 4.78 is 5.63. The van der Waals surface area contributed by atoms with Gasteiger partial charge in [-0.1, -0.05) is 0 Å². The monoisotopic (exact) mass is 179 g/mol. The van der Waals surface area contributed by atoms with Gasteiger partial charge >= 0.3 is 0 Å². The highest BCUT2D eigenvalue weighted by Crippen LogP contribution is 2.36. The number of nitrogens with two attached hydrogens (primary N) is 1. The van der Waals surface area contributed by atoms with Crippen molar-refractivity contribution in [3.05, 3.63) is 12.4 Å². The van der Waals surface area contributed by atoms with Crippen molar-refractivity contribution in [3.8, 4) is 5.75 Å². The van der Waals surface area contributed by atoms with Gasteiger partial charge in [-0.15, -0.1) is 0 Å². The molecule has 0 aromatic carbocycles. The van der Waals surface area contributed by atoms with E-state index in [1.807, 2.05) is 14.0 Å². The Labute approximate surface area is 77.3 Å². The van der Waals surface area contributed by atoms with Crippen LogP contribution in [-0.4, -0.2) is 24.7 Å². The summed E-state index contributed by atoms with van der Waals surface area (Å²) in [6, 6.07) is 0. The molecule has 1 atom stereocenters. The number of fused-ring (bicyclic) bond motifs is 1. The van der Waals surface area contributed by atoms with Crippen LogP contribution in [0.4, 0.5) is 11.4 Å². The van der Waals surface area contributed by atoms with Gasteiger partial charge in [0, 0.05) is 7.05 Å². The molecule has 1 unspecified atom stereocenters. The maximum atomic E-state index is 5.75. The van der Waals surface area contributed by atoms with E-state index >= 15 is 0 Å². The lowest BCUT2D eigenvalue weighted by molar-refractivity contribution is 0.216. The Balaban J connectivity index is 2.49. The van der Waals surface area contributed by atoms with Crippen LogP contribution in [-0.2, 0) is 0 Å². The summed E-state index contributed by atoms with van der Waals surface area (Å²) in [5, 5.41) is 0. The topological polar surface area (TPSA) is 51.4 Å². The molecule has 1 aliphatic heterocycles. The summed E-state index contributed by atoms with van der Waals surface area (Å²) in [5.74, 6) is 0.760. The molecule has 0 amide bonds. The number of ether oxygens (including phenoxy) is 1. The second-order valence-corrected chi connectivity index (χ2v) is 3.39. The molecule has 1 aliphatic rings. The Kier molecular flexibility index (Phi) is 1.76. The van der Waals surface area contributed by atoms with Crippen LogP contribution in [0.15, 0.2) is 12.4 Å². The number of anilines is 2. The molecule has 4 heteroatoms.